The van der Waals surface area contributed by atoms with Gasteiger partial charge in [-0.2, -0.15) is 9.65 Å². The third-order valence-electron chi connectivity index (χ3n) is 4.97. The minimum atomic E-state index is -1.19. The number of hydrogen-bond donors (Lipinski definition) is 0. The van der Waals surface area contributed by atoms with Crippen molar-refractivity contribution >= 4 is 0 Å². The number of benzene rings is 3. The Morgan fingerprint density at radius 2 is 1.45 bits per heavy atom. The smallest absolute Gasteiger partial charge is 0.202 e. The summed E-state index contributed by atoms with van der Waals surface area (Å²) in [6, 6.07) is 19.7. The molecule has 0 heterocycles. The standard InChI is InChI=1S/C26H25F2NO2/c1-2-3-4-5-16-30-23-13-10-21(11-14-23)20-8-6-19(7-9-20)18-31-24-15-12-22(17-29)25(27)26(24)28/h6-15H,2-5,16,18H2,1H3. The number of rotatable bonds is 10. The van der Waals surface area contributed by atoms with Crippen molar-refractivity contribution in [2.75, 3.05) is 6.61 Å². The first-order valence-corrected chi connectivity index (χ1v) is 10.5. The zero-order valence-corrected chi connectivity index (χ0v) is 17.5. The molecule has 0 aromatic heterocycles. The van der Waals surface area contributed by atoms with Crippen molar-refractivity contribution in [1.82, 2.24) is 0 Å². The summed E-state index contributed by atoms with van der Waals surface area (Å²) in [5, 5.41) is 8.74. The monoisotopic (exact) mass is 421 g/mol. The Hall–Kier alpha value is -3.39. The van der Waals surface area contributed by atoms with Gasteiger partial charge in [-0.15, -0.1) is 0 Å². The van der Waals surface area contributed by atoms with Crippen molar-refractivity contribution in [2.45, 2.75) is 39.2 Å². The van der Waals surface area contributed by atoms with Crippen LogP contribution in [0.4, 0.5) is 8.78 Å². The van der Waals surface area contributed by atoms with Crippen molar-refractivity contribution in [3.8, 4) is 28.7 Å². The van der Waals surface area contributed by atoms with Gasteiger partial charge in [0, 0.05) is 0 Å². The van der Waals surface area contributed by atoms with Crippen molar-refractivity contribution in [3.63, 3.8) is 0 Å². The van der Waals surface area contributed by atoms with Crippen LogP contribution in [-0.2, 0) is 6.61 Å². The van der Waals surface area contributed by atoms with E-state index in [1.165, 1.54) is 31.4 Å². The lowest BCUT2D eigenvalue weighted by Crippen LogP contribution is -2.00. The molecule has 3 rings (SSSR count). The molecule has 0 radical (unpaired) electrons. The van der Waals surface area contributed by atoms with E-state index in [1.807, 2.05) is 48.5 Å². The Morgan fingerprint density at radius 3 is 2.10 bits per heavy atom. The van der Waals surface area contributed by atoms with Gasteiger partial charge in [-0.05, 0) is 47.4 Å². The summed E-state index contributed by atoms with van der Waals surface area (Å²) >= 11 is 0. The van der Waals surface area contributed by atoms with Crippen LogP contribution >= 0.6 is 0 Å². The van der Waals surface area contributed by atoms with Crippen LogP contribution in [0.25, 0.3) is 11.1 Å². The van der Waals surface area contributed by atoms with E-state index >= 15 is 0 Å². The lowest BCUT2D eigenvalue weighted by molar-refractivity contribution is 0.284. The Kier molecular flexibility index (Phi) is 8.00. The van der Waals surface area contributed by atoms with Crippen LogP contribution in [0.5, 0.6) is 11.5 Å². The minimum Gasteiger partial charge on any atom is -0.494 e. The van der Waals surface area contributed by atoms with Crippen molar-refractivity contribution in [3.05, 3.63) is 83.4 Å². The Balaban J connectivity index is 1.55. The zero-order valence-electron chi connectivity index (χ0n) is 17.5. The van der Waals surface area contributed by atoms with Gasteiger partial charge in [-0.3, -0.25) is 0 Å². The molecule has 0 aliphatic rings. The average Bonchev–Trinajstić information content (AvgIpc) is 2.81. The summed E-state index contributed by atoms with van der Waals surface area (Å²) < 4.78 is 38.8. The number of nitriles is 1. The fourth-order valence-electron chi connectivity index (χ4n) is 3.15. The summed E-state index contributed by atoms with van der Waals surface area (Å²) in [6.07, 6.45) is 4.71. The van der Waals surface area contributed by atoms with Gasteiger partial charge in [-0.1, -0.05) is 62.6 Å². The molecule has 0 aliphatic heterocycles. The highest BCUT2D eigenvalue weighted by molar-refractivity contribution is 5.64. The average molecular weight is 421 g/mol. The molecule has 5 heteroatoms. The molecule has 0 saturated heterocycles. The van der Waals surface area contributed by atoms with Crippen LogP contribution in [0.15, 0.2) is 60.7 Å². The second-order valence-electron chi connectivity index (χ2n) is 7.27. The third kappa shape index (κ3) is 6.05. The molecule has 3 aromatic rings. The second-order valence-corrected chi connectivity index (χ2v) is 7.27. The topological polar surface area (TPSA) is 42.2 Å². The van der Waals surface area contributed by atoms with Crippen LogP contribution in [-0.4, -0.2) is 6.61 Å². The van der Waals surface area contributed by atoms with Gasteiger partial charge in [0.15, 0.2) is 11.6 Å². The SMILES string of the molecule is CCCCCCOc1ccc(-c2ccc(COc3ccc(C#N)c(F)c3F)cc2)cc1. The maximum atomic E-state index is 13.9. The number of ether oxygens (including phenoxy) is 2. The lowest BCUT2D eigenvalue weighted by Gasteiger charge is -2.10. The lowest BCUT2D eigenvalue weighted by atomic mass is 10.0. The summed E-state index contributed by atoms with van der Waals surface area (Å²) in [7, 11) is 0. The maximum Gasteiger partial charge on any atom is 0.202 e. The quantitative estimate of drug-likeness (QED) is 0.330. The Morgan fingerprint density at radius 1 is 0.774 bits per heavy atom. The van der Waals surface area contributed by atoms with Crippen LogP contribution in [0, 0.1) is 23.0 Å². The van der Waals surface area contributed by atoms with E-state index in [4.69, 9.17) is 14.7 Å². The van der Waals surface area contributed by atoms with E-state index in [0.29, 0.717) is 0 Å². The molecule has 0 N–H and O–H groups in total. The number of halogens is 2. The molecule has 0 bridgehead atoms. The molecule has 31 heavy (non-hydrogen) atoms. The number of nitrogens with zero attached hydrogens (tertiary/aromatic N) is 1. The predicted molar refractivity (Wildman–Crippen MR) is 117 cm³/mol. The second kappa shape index (κ2) is 11.1. The molecule has 0 amide bonds. The van der Waals surface area contributed by atoms with Gasteiger partial charge in [0.25, 0.3) is 0 Å². The van der Waals surface area contributed by atoms with Crippen LogP contribution in [0.2, 0.25) is 0 Å². The van der Waals surface area contributed by atoms with Gasteiger partial charge >= 0.3 is 0 Å². The first kappa shape index (κ1) is 22.3. The van der Waals surface area contributed by atoms with Crippen LogP contribution in [0.1, 0.15) is 43.7 Å². The third-order valence-corrected chi connectivity index (χ3v) is 4.97. The van der Waals surface area contributed by atoms with Gasteiger partial charge in [-0.25, -0.2) is 4.39 Å². The maximum absolute atomic E-state index is 13.9. The highest BCUT2D eigenvalue weighted by atomic mass is 19.2. The molecule has 0 fully saturated rings. The largest absolute Gasteiger partial charge is 0.494 e. The summed E-state index contributed by atoms with van der Waals surface area (Å²) in [5.41, 5.74) is 2.57. The van der Waals surface area contributed by atoms with E-state index in [-0.39, 0.29) is 17.9 Å². The zero-order chi connectivity index (χ0) is 22.1. The minimum absolute atomic E-state index is 0.0906. The highest BCUT2D eigenvalue weighted by Crippen LogP contribution is 2.25. The van der Waals surface area contributed by atoms with Crippen molar-refractivity contribution in [2.24, 2.45) is 0 Å². The predicted octanol–water partition coefficient (Wildman–Crippen LogP) is 7.04. The molecule has 160 valence electrons. The molecule has 3 aromatic carbocycles. The molecule has 0 aliphatic carbocycles. The first-order valence-electron chi connectivity index (χ1n) is 10.5. The van der Waals surface area contributed by atoms with E-state index < -0.39 is 11.6 Å². The van der Waals surface area contributed by atoms with E-state index in [9.17, 15) is 8.78 Å². The molecule has 3 nitrogen and oxygen atoms in total. The highest BCUT2D eigenvalue weighted by Gasteiger charge is 2.14. The normalized spacial score (nSPS) is 10.5. The molecule has 0 saturated carbocycles. The van der Waals surface area contributed by atoms with Crippen LogP contribution in [0.3, 0.4) is 0 Å². The van der Waals surface area contributed by atoms with Gasteiger partial charge in [0.1, 0.15) is 18.4 Å². The van der Waals surface area contributed by atoms with E-state index in [2.05, 4.69) is 6.92 Å². The summed E-state index contributed by atoms with van der Waals surface area (Å²) in [4.78, 5) is 0. The molecule has 0 atom stereocenters. The van der Waals surface area contributed by atoms with Crippen molar-refractivity contribution in [1.29, 1.82) is 5.26 Å². The summed E-state index contributed by atoms with van der Waals surface area (Å²) in [5.74, 6) is -1.69. The first-order chi connectivity index (χ1) is 15.1. The fraction of sp³-hybridized carbons (Fsp3) is 0.269. The Labute approximate surface area is 181 Å². The van der Waals surface area contributed by atoms with Crippen LogP contribution < -0.4 is 9.47 Å². The number of hydrogen-bond acceptors (Lipinski definition) is 3. The molecule has 0 unspecified atom stereocenters. The van der Waals surface area contributed by atoms with E-state index in [0.717, 1.165) is 35.5 Å². The van der Waals surface area contributed by atoms with E-state index in [1.54, 1.807) is 6.07 Å². The molecular formula is C26H25F2NO2. The number of unbranched alkanes of at least 4 members (excludes halogenated alkanes) is 3. The Bertz CT molecular complexity index is 1030. The summed E-state index contributed by atoms with van der Waals surface area (Å²) in [6.45, 7) is 3.01. The molecular weight excluding hydrogens is 396 g/mol. The molecule has 0 spiro atoms. The fourth-order valence-corrected chi connectivity index (χ4v) is 3.15. The van der Waals surface area contributed by atoms with Crippen molar-refractivity contribution < 1.29 is 18.3 Å². The van der Waals surface area contributed by atoms with Gasteiger partial charge in [0.05, 0.1) is 12.2 Å². The van der Waals surface area contributed by atoms with Gasteiger partial charge in [0.2, 0.25) is 5.82 Å². The van der Waals surface area contributed by atoms with Gasteiger partial charge < -0.3 is 9.47 Å².